The Morgan fingerprint density at radius 1 is 1.11 bits per heavy atom. The zero-order chi connectivity index (χ0) is 20.4. The molecule has 0 saturated heterocycles. The summed E-state index contributed by atoms with van der Waals surface area (Å²) in [5.41, 5.74) is 0.815. The number of benzene rings is 1. The van der Waals surface area contributed by atoms with Crippen LogP contribution >= 0.6 is 7.60 Å². The van der Waals surface area contributed by atoms with Gasteiger partial charge in [-0.2, -0.15) is 0 Å². The third-order valence-electron chi connectivity index (χ3n) is 5.40. The molecule has 0 radical (unpaired) electrons. The van der Waals surface area contributed by atoms with Crippen LogP contribution in [0.2, 0.25) is 0 Å². The zero-order valence-corrected chi connectivity index (χ0v) is 17.7. The molecule has 5 nitrogen and oxygen atoms in total. The van der Waals surface area contributed by atoms with Gasteiger partial charge < -0.3 is 19.3 Å². The fraction of sp³-hybridized carbons (Fsp3) is 0.714. The van der Waals surface area contributed by atoms with Crippen molar-refractivity contribution in [1.82, 2.24) is 0 Å². The zero-order valence-electron chi connectivity index (χ0n) is 16.8. The van der Waals surface area contributed by atoms with Crippen molar-refractivity contribution in [2.24, 2.45) is 5.92 Å². The number of hydrogen-bond donors (Lipinski definition) is 2. The Morgan fingerprint density at radius 3 is 2.46 bits per heavy atom. The Hall–Kier alpha value is -0.940. The van der Waals surface area contributed by atoms with E-state index in [2.05, 4.69) is 6.92 Å². The van der Waals surface area contributed by atoms with Crippen LogP contribution in [0.25, 0.3) is 0 Å². The van der Waals surface area contributed by atoms with Gasteiger partial charge in [0, 0.05) is 25.7 Å². The minimum absolute atomic E-state index is 0.157. The largest absolute Gasteiger partial charge is 0.493 e. The van der Waals surface area contributed by atoms with Crippen LogP contribution in [0.4, 0.5) is 4.39 Å². The first-order chi connectivity index (χ1) is 13.4. The number of ether oxygens (including phenoxy) is 2. The Labute approximate surface area is 167 Å². The minimum atomic E-state index is -3.93. The SMILES string of the molecule is CCCC1CCC(c2ccc(OCCCOCCCP(=O)(O)O)cc2F)CC1. The van der Waals surface area contributed by atoms with Crippen LogP contribution in [-0.2, 0) is 9.30 Å². The summed E-state index contributed by atoms with van der Waals surface area (Å²) < 4.78 is 36.1. The lowest BCUT2D eigenvalue weighted by Gasteiger charge is -2.29. The third kappa shape index (κ3) is 8.60. The predicted octanol–water partition coefficient (Wildman–Crippen LogP) is 5.25. The molecule has 1 aliphatic carbocycles. The molecule has 160 valence electrons. The molecule has 0 amide bonds. The van der Waals surface area contributed by atoms with Crippen molar-refractivity contribution in [1.29, 1.82) is 0 Å². The Balaban J connectivity index is 1.65. The average Bonchev–Trinajstić information content (AvgIpc) is 2.64. The summed E-state index contributed by atoms with van der Waals surface area (Å²) >= 11 is 0. The first kappa shape index (κ1) is 23.3. The lowest BCUT2D eigenvalue weighted by Crippen LogP contribution is -2.14. The lowest BCUT2D eigenvalue weighted by molar-refractivity contribution is 0.119. The minimum Gasteiger partial charge on any atom is -0.493 e. The maximum absolute atomic E-state index is 14.5. The van der Waals surface area contributed by atoms with E-state index in [0.29, 0.717) is 44.3 Å². The van der Waals surface area contributed by atoms with Gasteiger partial charge in [0.25, 0.3) is 0 Å². The molecule has 0 bridgehead atoms. The molecule has 0 atom stereocenters. The van der Waals surface area contributed by atoms with Crippen molar-refractivity contribution in [2.45, 2.75) is 64.2 Å². The van der Waals surface area contributed by atoms with E-state index in [9.17, 15) is 8.96 Å². The molecule has 1 aliphatic rings. The summed E-state index contributed by atoms with van der Waals surface area (Å²) in [6.07, 6.45) is 7.87. The summed E-state index contributed by atoms with van der Waals surface area (Å²) in [4.78, 5) is 17.5. The number of rotatable bonds is 12. The molecule has 0 aliphatic heterocycles. The van der Waals surface area contributed by atoms with Crippen LogP contribution in [0.3, 0.4) is 0 Å². The van der Waals surface area contributed by atoms with Crippen LogP contribution in [0.1, 0.15) is 69.8 Å². The highest BCUT2D eigenvalue weighted by molar-refractivity contribution is 7.51. The molecule has 28 heavy (non-hydrogen) atoms. The molecule has 7 heteroatoms. The molecule has 0 spiro atoms. The van der Waals surface area contributed by atoms with Crippen molar-refractivity contribution in [3.05, 3.63) is 29.6 Å². The molecule has 2 N–H and O–H groups in total. The van der Waals surface area contributed by atoms with E-state index < -0.39 is 7.60 Å². The van der Waals surface area contributed by atoms with Crippen LogP contribution in [0.5, 0.6) is 5.75 Å². The van der Waals surface area contributed by atoms with Gasteiger partial charge >= 0.3 is 7.60 Å². The lowest BCUT2D eigenvalue weighted by atomic mass is 9.77. The maximum Gasteiger partial charge on any atom is 0.325 e. The van der Waals surface area contributed by atoms with E-state index in [0.717, 1.165) is 24.3 Å². The molecular formula is C21H34FO5P. The Morgan fingerprint density at radius 2 is 1.82 bits per heavy atom. The molecule has 1 saturated carbocycles. The van der Waals surface area contributed by atoms with E-state index in [1.165, 1.54) is 31.7 Å². The molecule has 2 rings (SSSR count). The molecular weight excluding hydrogens is 382 g/mol. The second-order valence-electron chi connectivity index (χ2n) is 7.75. The Bertz CT molecular complexity index is 625. The van der Waals surface area contributed by atoms with Crippen molar-refractivity contribution >= 4 is 7.60 Å². The highest BCUT2D eigenvalue weighted by Crippen LogP contribution is 2.39. The van der Waals surface area contributed by atoms with Gasteiger partial charge in [0.1, 0.15) is 11.6 Å². The van der Waals surface area contributed by atoms with Crippen LogP contribution < -0.4 is 4.74 Å². The van der Waals surface area contributed by atoms with Crippen LogP contribution in [-0.4, -0.2) is 35.8 Å². The first-order valence-corrected chi connectivity index (χ1v) is 12.2. The second-order valence-corrected chi connectivity index (χ2v) is 9.52. The molecule has 0 heterocycles. The normalized spacial score (nSPS) is 20.3. The second kappa shape index (κ2) is 11.9. The fourth-order valence-corrected chi connectivity index (χ4v) is 4.47. The van der Waals surface area contributed by atoms with Gasteiger partial charge in [0.05, 0.1) is 12.8 Å². The summed E-state index contributed by atoms with van der Waals surface area (Å²) in [5.74, 6) is 1.49. The molecule has 1 fully saturated rings. The first-order valence-electron chi connectivity index (χ1n) is 10.4. The van der Waals surface area contributed by atoms with Gasteiger partial charge in [0.15, 0.2) is 0 Å². The van der Waals surface area contributed by atoms with Gasteiger partial charge in [-0.1, -0.05) is 25.8 Å². The summed E-state index contributed by atoms with van der Waals surface area (Å²) in [7, 11) is -3.93. The highest BCUT2D eigenvalue weighted by atomic mass is 31.2. The summed E-state index contributed by atoms with van der Waals surface area (Å²) in [5, 5.41) is 0. The van der Waals surface area contributed by atoms with Crippen molar-refractivity contribution in [2.75, 3.05) is 26.0 Å². The van der Waals surface area contributed by atoms with Gasteiger partial charge in [-0.25, -0.2) is 4.39 Å². The maximum atomic E-state index is 14.5. The van der Waals surface area contributed by atoms with E-state index >= 15 is 0 Å². The predicted molar refractivity (Wildman–Crippen MR) is 108 cm³/mol. The monoisotopic (exact) mass is 416 g/mol. The van der Waals surface area contributed by atoms with E-state index in [-0.39, 0.29) is 12.0 Å². The van der Waals surface area contributed by atoms with Crippen molar-refractivity contribution in [3.8, 4) is 5.75 Å². The van der Waals surface area contributed by atoms with Crippen molar-refractivity contribution < 1.29 is 28.2 Å². The van der Waals surface area contributed by atoms with Gasteiger partial charge in [-0.15, -0.1) is 0 Å². The van der Waals surface area contributed by atoms with Crippen molar-refractivity contribution in [3.63, 3.8) is 0 Å². The van der Waals surface area contributed by atoms with E-state index in [4.69, 9.17) is 19.3 Å². The third-order valence-corrected chi connectivity index (χ3v) is 6.29. The average molecular weight is 416 g/mol. The number of halogens is 1. The van der Waals surface area contributed by atoms with Gasteiger partial charge in [-0.05, 0) is 55.6 Å². The highest BCUT2D eigenvalue weighted by Gasteiger charge is 2.24. The smallest absolute Gasteiger partial charge is 0.325 e. The fourth-order valence-electron chi connectivity index (χ4n) is 3.92. The number of hydrogen-bond acceptors (Lipinski definition) is 3. The molecule has 1 aromatic carbocycles. The summed E-state index contributed by atoms with van der Waals surface area (Å²) in [6, 6.07) is 5.19. The Kier molecular flexibility index (Phi) is 9.93. The van der Waals surface area contributed by atoms with Crippen LogP contribution in [0, 0.1) is 11.7 Å². The topological polar surface area (TPSA) is 76.0 Å². The van der Waals surface area contributed by atoms with Crippen LogP contribution in [0.15, 0.2) is 18.2 Å². The standard InChI is InChI=1S/C21H34FO5P/c1-2-5-17-6-8-18(9-7-17)20-11-10-19(16-21(20)22)27-14-3-12-26-13-4-15-28(23,24)25/h10-11,16-18H,2-9,12-15H2,1H3,(H2,23,24,25). The molecule has 0 aromatic heterocycles. The molecule has 1 aromatic rings. The summed E-state index contributed by atoms with van der Waals surface area (Å²) in [6.45, 7) is 3.40. The van der Waals surface area contributed by atoms with E-state index in [1.807, 2.05) is 12.1 Å². The quantitative estimate of drug-likeness (QED) is 0.359. The molecule has 0 unspecified atom stereocenters. The van der Waals surface area contributed by atoms with Gasteiger partial charge in [0.2, 0.25) is 0 Å². The van der Waals surface area contributed by atoms with Gasteiger partial charge in [-0.3, -0.25) is 4.57 Å². The van der Waals surface area contributed by atoms with E-state index in [1.54, 1.807) is 0 Å².